The molecule has 3 atom stereocenters. The normalized spacial score (nSPS) is 23.6. The Morgan fingerprint density at radius 1 is 1.14 bits per heavy atom. The molecule has 0 radical (unpaired) electrons. The lowest BCUT2D eigenvalue weighted by atomic mass is 9.82. The summed E-state index contributed by atoms with van der Waals surface area (Å²) in [5, 5.41) is 3.83. The van der Waals surface area contributed by atoms with Crippen LogP contribution in [0, 0.1) is 5.92 Å². The SMILES string of the molecule is CCC1CCCCC1NC(C)c1ccc(OC)c(OC)c1. The lowest BCUT2D eigenvalue weighted by Gasteiger charge is -2.34. The standard InChI is InChI=1S/C18H29NO2/c1-5-14-8-6-7-9-16(14)19-13(2)15-10-11-17(20-3)18(12-15)21-4/h10-14,16,19H,5-9H2,1-4H3. The van der Waals surface area contributed by atoms with Gasteiger partial charge < -0.3 is 14.8 Å². The van der Waals surface area contributed by atoms with Gasteiger partial charge in [-0.3, -0.25) is 0 Å². The highest BCUT2D eigenvalue weighted by Crippen LogP contribution is 2.32. The first-order valence-electron chi connectivity index (χ1n) is 8.17. The fourth-order valence-corrected chi connectivity index (χ4v) is 3.46. The van der Waals surface area contributed by atoms with Crippen LogP contribution in [0.1, 0.15) is 57.6 Å². The van der Waals surface area contributed by atoms with Gasteiger partial charge in [0.05, 0.1) is 14.2 Å². The van der Waals surface area contributed by atoms with Gasteiger partial charge in [0.25, 0.3) is 0 Å². The topological polar surface area (TPSA) is 30.5 Å². The lowest BCUT2D eigenvalue weighted by molar-refractivity contribution is 0.240. The highest BCUT2D eigenvalue weighted by Gasteiger charge is 2.25. The summed E-state index contributed by atoms with van der Waals surface area (Å²) in [4.78, 5) is 0. The van der Waals surface area contributed by atoms with Crippen molar-refractivity contribution >= 4 is 0 Å². The summed E-state index contributed by atoms with van der Waals surface area (Å²) in [6, 6.07) is 7.18. The molecule has 3 nitrogen and oxygen atoms in total. The second-order valence-electron chi connectivity index (χ2n) is 6.06. The molecule has 0 amide bonds. The van der Waals surface area contributed by atoms with Gasteiger partial charge in [0, 0.05) is 12.1 Å². The second-order valence-corrected chi connectivity index (χ2v) is 6.06. The van der Waals surface area contributed by atoms with Gasteiger partial charge in [-0.15, -0.1) is 0 Å². The molecule has 0 aromatic heterocycles. The first-order valence-corrected chi connectivity index (χ1v) is 8.17. The second kappa shape index (κ2) is 7.69. The van der Waals surface area contributed by atoms with E-state index in [2.05, 4.69) is 31.3 Å². The Kier molecular flexibility index (Phi) is 5.92. The zero-order chi connectivity index (χ0) is 15.2. The van der Waals surface area contributed by atoms with Crippen LogP contribution in [0.2, 0.25) is 0 Å². The molecular weight excluding hydrogens is 262 g/mol. The molecule has 0 aliphatic heterocycles. The van der Waals surface area contributed by atoms with Crippen molar-refractivity contribution in [2.24, 2.45) is 5.92 Å². The minimum atomic E-state index is 0.335. The monoisotopic (exact) mass is 291 g/mol. The van der Waals surface area contributed by atoms with Crippen LogP contribution in [0.25, 0.3) is 0 Å². The molecular formula is C18H29NO2. The Morgan fingerprint density at radius 2 is 1.86 bits per heavy atom. The fraction of sp³-hybridized carbons (Fsp3) is 0.667. The summed E-state index contributed by atoms with van der Waals surface area (Å²) < 4.78 is 10.7. The van der Waals surface area contributed by atoms with Gasteiger partial charge in [-0.1, -0.05) is 32.3 Å². The van der Waals surface area contributed by atoms with Crippen LogP contribution in [0.15, 0.2) is 18.2 Å². The highest BCUT2D eigenvalue weighted by atomic mass is 16.5. The molecule has 1 aliphatic rings. The molecule has 1 aromatic carbocycles. The van der Waals surface area contributed by atoms with Gasteiger partial charge in [0.2, 0.25) is 0 Å². The number of ether oxygens (including phenoxy) is 2. The number of benzene rings is 1. The summed E-state index contributed by atoms with van der Waals surface area (Å²) in [6.07, 6.45) is 6.69. The van der Waals surface area contributed by atoms with Crippen LogP contribution >= 0.6 is 0 Å². The third-order valence-electron chi connectivity index (χ3n) is 4.81. The van der Waals surface area contributed by atoms with E-state index in [1.165, 1.54) is 37.7 Å². The fourth-order valence-electron chi connectivity index (χ4n) is 3.46. The molecule has 1 fully saturated rings. The molecule has 0 saturated heterocycles. The predicted molar refractivity (Wildman–Crippen MR) is 87.1 cm³/mol. The van der Waals surface area contributed by atoms with Crippen LogP contribution in [-0.4, -0.2) is 20.3 Å². The molecule has 0 heterocycles. The van der Waals surface area contributed by atoms with Crippen LogP contribution < -0.4 is 14.8 Å². The van der Waals surface area contributed by atoms with Gasteiger partial charge in [0.1, 0.15) is 0 Å². The Morgan fingerprint density at radius 3 is 2.52 bits per heavy atom. The quantitative estimate of drug-likeness (QED) is 0.846. The van der Waals surface area contributed by atoms with Crippen LogP contribution in [-0.2, 0) is 0 Å². The minimum absolute atomic E-state index is 0.335. The summed E-state index contributed by atoms with van der Waals surface area (Å²) in [5.74, 6) is 2.42. The van der Waals surface area contributed by atoms with Crippen LogP contribution in [0.5, 0.6) is 11.5 Å². The number of rotatable bonds is 6. The van der Waals surface area contributed by atoms with E-state index in [9.17, 15) is 0 Å². The average molecular weight is 291 g/mol. The van der Waals surface area contributed by atoms with Crippen LogP contribution in [0.4, 0.5) is 0 Å². The molecule has 118 valence electrons. The zero-order valence-electron chi connectivity index (χ0n) is 13.8. The largest absolute Gasteiger partial charge is 0.493 e. The molecule has 0 spiro atoms. The van der Waals surface area contributed by atoms with Crippen molar-refractivity contribution < 1.29 is 9.47 Å². The maximum absolute atomic E-state index is 5.41. The van der Waals surface area contributed by atoms with E-state index < -0.39 is 0 Å². The molecule has 21 heavy (non-hydrogen) atoms. The van der Waals surface area contributed by atoms with E-state index in [-0.39, 0.29) is 0 Å². The van der Waals surface area contributed by atoms with Gasteiger partial charge in [-0.2, -0.15) is 0 Å². The molecule has 1 aliphatic carbocycles. The van der Waals surface area contributed by atoms with E-state index in [1.54, 1.807) is 14.2 Å². The number of hydrogen-bond acceptors (Lipinski definition) is 3. The van der Waals surface area contributed by atoms with E-state index in [0.29, 0.717) is 12.1 Å². The van der Waals surface area contributed by atoms with Crippen LogP contribution in [0.3, 0.4) is 0 Å². The summed E-state index contributed by atoms with van der Waals surface area (Å²) in [5.41, 5.74) is 1.26. The van der Waals surface area contributed by atoms with Gasteiger partial charge in [0.15, 0.2) is 11.5 Å². The first kappa shape index (κ1) is 16.2. The highest BCUT2D eigenvalue weighted by molar-refractivity contribution is 5.43. The Bertz CT molecular complexity index is 447. The van der Waals surface area contributed by atoms with Crippen molar-refractivity contribution in [3.05, 3.63) is 23.8 Å². The van der Waals surface area contributed by atoms with E-state index in [4.69, 9.17) is 9.47 Å². The first-order chi connectivity index (χ1) is 10.2. The van der Waals surface area contributed by atoms with Crippen molar-refractivity contribution in [1.29, 1.82) is 0 Å². The van der Waals surface area contributed by atoms with E-state index >= 15 is 0 Å². The molecule has 1 N–H and O–H groups in total. The van der Waals surface area contributed by atoms with Gasteiger partial charge in [-0.25, -0.2) is 0 Å². The maximum Gasteiger partial charge on any atom is 0.161 e. The Balaban J connectivity index is 2.07. The zero-order valence-corrected chi connectivity index (χ0v) is 13.8. The van der Waals surface area contributed by atoms with Crippen molar-refractivity contribution in [2.45, 2.75) is 58.0 Å². The Hall–Kier alpha value is -1.22. The third-order valence-corrected chi connectivity index (χ3v) is 4.81. The summed E-state index contributed by atoms with van der Waals surface area (Å²) >= 11 is 0. The number of nitrogens with one attached hydrogen (secondary N) is 1. The van der Waals surface area contributed by atoms with Crippen molar-refractivity contribution in [3.8, 4) is 11.5 Å². The molecule has 3 heteroatoms. The van der Waals surface area contributed by atoms with Crippen molar-refractivity contribution in [2.75, 3.05) is 14.2 Å². The number of methoxy groups -OCH3 is 2. The van der Waals surface area contributed by atoms with E-state index in [0.717, 1.165) is 17.4 Å². The average Bonchev–Trinajstić information content (AvgIpc) is 2.54. The molecule has 1 saturated carbocycles. The van der Waals surface area contributed by atoms with Gasteiger partial charge >= 0.3 is 0 Å². The van der Waals surface area contributed by atoms with Crippen molar-refractivity contribution in [1.82, 2.24) is 5.32 Å². The summed E-state index contributed by atoms with van der Waals surface area (Å²) in [7, 11) is 3.36. The maximum atomic E-state index is 5.41. The third kappa shape index (κ3) is 3.91. The molecule has 2 rings (SSSR count). The Labute approximate surface area is 129 Å². The van der Waals surface area contributed by atoms with E-state index in [1.807, 2.05) is 6.07 Å². The lowest BCUT2D eigenvalue weighted by Crippen LogP contribution is -2.39. The van der Waals surface area contributed by atoms with Gasteiger partial charge in [-0.05, 0) is 43.4 Å². The predicted octanol–water partition coefficient (Wildman–Crippen LogP) is 4.32. The smallest absolute Gasteiger partial charge is 0.161 e. The molecule has 1 aromatic rings. The van der Waals surface area contributed by atoms with Crippen molar-refractivity contribution in [3.63, 3.8) is 0 Å². The minimum Gasteiger partial charge on any atom is -0.493 e. The summed E-state index contributed by atoms with van der Waals surface area (Å²) in [6.45, 7) is 4.55. The molecule has 0 bridgehead atoms. The molecule has 3 unspecified atom stereocenters. The number of hydrogen-bond donors (Lipinski definition) is 1.